The molecule has 1 aromatic carbocycles. The van der Waals surface area contributed by atoms with Crippen LogP contribution in [-0.4, -0.2) is 55.4 Å². The van der Waals surface area contributed by atoms with Crippen LogP contribution >= 0.6 is 0 Å². The van der Waals surface area contributed by atoms with Crippen molar-refractivity contribution in [2.24, 2.45) is 0 Å². The fraction of sp³-hybridized carbons (Fsp3) is 0.647. The van der Waals surface area contributed by atoms with Gasteiger partial charge in [-0.15, -0.1) is 0 Å². The highest BCUT2D eigenvalue weighted by Gasteiger charge is 2.23. The lowest BCUT2D eigenvalue weighted by Crippen LogP contribution is -2.48. The van der Waals surface area contributed by atoms with Gasteiger partial charge in [0.1, 0.15) is 0 Å². The number of aliphatic hydroxyl groups is 1. The molecule has 4 nitrogen and oxygen atoms in total. The van der Waals surface area contributed by atoms with Gasteiger partial charge in [-0.2, -0.15) is 0 Å². The third kappa shape index (κ3) is 5.75. The zero-order chi connectivity index (χ0) is 14.9. The molecule has 1 saturated heterocycles. The molecule has 0 radical (unpaired) electrons. The first-order valence-corrected chi connectivity index (χ1v) is 7.98. The minimum Gasteiger partial charge on any atom is -0.389 e. The van der Waals surface area contributed by atoms with Crippen molar-refractivity contribution in [2.45, 2.75) is 38.0 Å². The van der Waals surface area contributed by atoms with E-state index in [4.69, 9.17) is 4.74 Å². The average molecular weight is 292 g/mol. The molecule has 2 unspecified atom stereocenters. The minimum absolute atomic E-state index is 0.400. The van der Waals surface area contributed by atoms with Gasteiger partial charge in [-0.05, 0) is 32.0 Å². The number of likely N-dealkylation sites (tertiary alicyclic amines) is 1. The molecule has 1 heterocycles. The Balaban J connectivity index is 1.69. The lowest BCUT2D eigenvalue weighted by Gasteiger charge is -2.36. The minimum atomic E-state index is -0.411. The lowest BCUT2D eigenvalue weighted by molar-refractivity contribution is -0.00306. The third-order valence-corrected chi connectivity index (χ3v) is 4.06. The van der Waals surface area contributed by atoms with Crippen LogP contribution in [0.25, 0.3) is 0 Å². The van der Waals surface area contributed by atoms with Crippen LogP contribution in [0.4, 0.5) is 0 Å². The summed E-state index contributed by atoms with van der Waals surface area (Å²) in [4.78, 5) is 2.40. The number of β-amino-alcohol motifs (C(OH)–C–C–N with tert-alkyl or cyclic N) is 1. The van der Waals surface area contributed by atoms with Gasteiger partial charge in [-0.3, -0.25) is 4.90 Å². The van der Waals surface area contributed by atoms with Gasteiger partial charge >= 0.3 is 0 Å². The van der Waals surface area contributed by atoms with E-state index in [0.29, 0.717) is 25.8 Å². The SMILES string of the molecule is CNCC1CCCCN1CC(O)COCc1ccccc1. The zero-order valence-corrected chi connectivity index (χ0v) is 13.0. The molecule has 21 heavy (non-hydrogen) atoms. The first kappa shape index (κ1) is 16.4. The van der Waals surface area contributed by atoms with Crippen LogP contribution in [0, 0.1) is 0 Å². The summed E-state index contributed by atoms with van der Waals surface area (Å²) in [5, 5.41) is 13.4. The van der Waals surface area contributed by atoms with Crippen molar-refractivity contribution in [1.29, 1.82) is 0 Å². The van der Waals surface area contributed by atoms with Gasteiger partial charge < -0.3 is 15.2 Å². The Morgan fingerprint density at radius 2 is 2.14 bits per heavy atom. The molecular formula is C17H28N2O2. The molecule has 1 aliphatic heterocycles. The smallest absolute Gasteiger partial charge is 0.0900 e. The van der Waals surface area contributed by atoms with Crippen LogP contribution < -0.4 is 5.32 Å². The van der Waals surface area contributed by atoms with Crippen LogP contribution in [0.1, 0.15) is 24.8 Å². The fourth-order valence-corrected chi connectivity index (χ4v) is 2.98. The van der Waals surface area contributed by atoms with Crippen LogP contribution in [0.15, 0.2) is 30.3 Å². The van der Waals surface area contributed by atoms with Crippen LogP contribution in [0.5, 0.6) is 0 Å². The van der Waals surface area contributed by atoms with E-state index in [9.17, 15) is 5.11 Å². The van der Waals surface area contributed by atoms with Gasteiger partial charge in [0.2, 0.25) is 0 Å². The van der Waals surface area contributed by atoms with Gasteiger partial charge in [0.15, 0.2) is 0 Å². The highest BCUT2D eigenvalue weighted by Crippen LogP contribution is 2.16. The number of ether oxygens (including phenoxy) is 1. The van der Waals surface area contributed by atoms with Crippen LogP contribution in [0.2, 0.25) is 0 Å². The molecule has 2 N–H and O–H groups in total. The number of benzene rings is 1. The number of likely N-dealkylation sites (N-methyl/N-ethyl adjacent to an activating group) is 1. The van der Waals surface area contributed by atoms with E-state index in [1.54, 1.807) is 0 Å². The number of aliphatic hydroxyl groups excluding tert-OH is 1. The quantitative estimate of drug-likeness (QED) is 0.764. The molecule has 2 atom stereocenters. The second-order valence-corrected chi connectivity index (χ2v) is 5.86. The van der Waals surface area contributed by atoms with E-state index in [2.05, 4.69) is 10.2 Å². The molecule has 1 aliphatic rings. The molecule has 4 heteroatoms. The van der Waals surface area contributed by atoms with Crippen molar-refractivity contribution in [2.75, 3.05) is 33.3 Å². The number of rotatable bonds is 8. The van der Waals surface area contributed by atoms with Crippen molar-refractivity contribution in [3.05, 3.63) is 35.9 Å². The Hall–Kier alpha value is -0.940. The summed E-state index contributed by atoms with van der Waals surface area (Å²) in [6, 6.07) is 10.6. The van der Waals surface area contributed by atoms with Crippen molar-refractivity contribution < 1.29 is 9.84 Å². The Morgan fingerprint density at radius 1 is 1.33 bits per heavy atom. The van der Waals surface area contributed by atoms with Crippen LogP contribution in [0.3, 0.4) is 0 Å². The number of hydrogen-bond donors (Lipinski definition) is 2. The number of hydrogen-bond acceptors (Lipinski definition) is 4. The predicted octanol–water partition coefficient (Wildman–Crippen LogP) is 1.64. The summed E-state index contributed by atoms with van der Waals surface area (Å²) in [6.07, 6.45) is 3.34. The summed E-state index contributed by atoms with van der Waals surface area (Å²) in [5.41, 5.74) is 1.15. The molecule has 0 amide bonds. The largest absolute Gasteiger partial charge is 0.389 e. The topological polar surface area (TPSA) is 44.7 Å². The maximum absolute atomic E-state index is 10.2. The molecule has 118 valence electrons. The Morgan fingerprint density at radius 3 is 2.90 bits per heavy atom. The number of nitrogens with one attached hydrogen (secondary N) is 1. The highest BCUT2D eigenvalue weighted by atomic mass is 16.5. The van der Waals surface area contributed by atoms with Gasteiger partial charge in [-0.25, -0.2) is 0 Å². The maximum Gasteiger partial charge on any atom is 0.0900 e. The molecular weight excluding hydrogens is 264 g/mol. The molecule has 0 aromatic heterocycles. The van der Waals surface area contributed by atoms with E-state index in [1.807, 2.05) is 37.4 Å². The molecule has 0 spiro atoms. The first-order chi connectivity index (χ1) is 10.3. The lowest BCUT2D eigenvalue weighted by atomic mass is 10.0. The first-order valence-electron chi connectivity index (χ1n) is 7.98. The van der Waals surface area contributed by atoms with Gasteiger partial charge in [0, 0.05) is 19.1 Å². The standard InChI is InChI=1S/C17H28N2O2/c1-18-11-16-9-5-6-10-19(16)12-17(20)14-21-13-15-7-3-2-4-8-15/h2-4,7-8,16-18,20H,5-6,9-14H2,1H3. The van der Waals surface area contributed by atoms with Gasteiger partial charge in [0.25, 0.3) is 0 Å². The number of piperidine rings is 1. The summed E-state index contributed by atoms with van der Waals surface area (Å²) in [5.74, 6) is 0. The average Bonchev–Trinajstić information content (AvgIpc) is 2.50. The third-order valence-electron chi connectivity index (χ3n) is 4.06. The normalized spacial score (nSPS) is 21.3. The van der Waals surface area contributed by atoms with Crippen LogP contribution in [-0.2, 0) is 11.3 Å². The summed E-state index contributed by atoms with van der Waals surface area (Å²) < 4.78 is 5.63. The van der Waals surface area contributed by atoms with Gasteiger partial charge in [0.05, 0.1) is 19.3 Å². The second kappa shape index (κ2) is 9.15. The summed E-state index contributed by atoms with van der Waals surface area (Å²) in [7, 11) is 1.99. The van der Waals surface area contributed by atoms with Crippen molar-refractivity contribution in [3.63, 3.8) is 0 Å². The van der Waals surface area contributed by atoms with E-state index in [0.717, 1.165) is 18.7 Å². The number of nitrogens with zero attached hydrogens (tertiary/aromatic N) is 1. The Kier molecular flexibility index (Phi) is 7.16. The van der Waals surface area contributed by atoms with E-state index in [1.165, 1.54) is 19.3 Å². The molecule has 2 rings (SSSR count). The monoisotopic (exact) mass is 292 g/mol. The van der Waals surface area contributed by atoms with Crippen molar-refractivity contribution in [3.8, 4) is 0 Å². The molecule has 1 fully saturated rings. The molecule has 0 bridgehead atoms. The van der Waals surface area contributed by atoms with Crippen molar-refractivity contribution >= 4 is 0 Å². The Bertz CT molecular complexity index is 384. The van der Waals surface area contributed by atoms with Crippen molar-refractivity contribution in [1.82, 2.24) is 10.2 Å². The summed E-state index contributed by atoms with van der Waals surface area (Å²) in [6.45, 7) is 3.76. The van der Waals surface area contributed by atoms with E-state index >= 15 is 0 Å². The Labute approximate surface area is 128 Å². The maximum atomic E-state index is 10.2. The van der Waals surface area contributed by atoms with E-state index in [-0.39, 0.29) is 0 Å². The van der Waals surface area contributed by atoms with Gasteiger partial charge in [-0.1, -0.05) is 36.8 Å². The molecule has 0 saturated carbocycles. The predicted molar refractivity (Wildman–Crippen MR) is 85.2 cm³/mol. The fourth-order valence-electron chi connectivity index (χ4n) is 2.98. The highest BCUT2D eigenvalue weighted by molar-refractivity contribution is 5.13. The molecule has 1 aromatic rings. The summed E-state index contributed by atoms with van der Waals surface area (Å²) >= 11 is 0. The second-order valence-electron chi connectivity index (χ2n) is 5.86. The molecule has 0 aliphatic carbocycles. The zero-order valence-electron chi connectivity index (χ0n) is 13.0. The van der Waals surface area contributed by atoms with E-state index < -0.39 is 6.10 Å².